The van der Waals surface area contributed by atoms with E-state index in [1.54, 1.807) is 4.90 Å². The maximum Gasteiger partial charge on any atom is 0.494 e. The predicted octanol–water partition coefficient (Wildman–Crippen LogP) is 3.57. The van der Waals surface area contributed by atoms with Gasteiger partial charge in [-0.2, -0.15) is 13.2 Å². The van der Waals surface area contributed by atoms with Gasteiger partial charge in [0.1, 0.15) is 12.4 Å². The molecule has 176 valence electrons. The molecule has 3 aliphatic heterocycles. The Labute approximate surface area is 187 Å². The van der Waals surface area contributed by atoms with E-state index in [0.717, 1.165) is 11.0 Å². The number of alkyl halides is 3. The van der Waals surface area contributed by atoms with Crippen molar-refractivity contribution in [1.29, 1.82) is 0 Å². The summed E-state index contributed by atoms with van der Waals surface area (Å²) < 4.78 is 57.0. The molecule has 0 unspecified atom stereocenters. The first-order valence-electron chi connectivity index (χ1n) is 11.1. The van der Waals surface area contributed by atoms with Crippen molar-refractivity contribution in [2.75, 3.05) is 26.2 Å². The van der Waals surface area contributed by atoms with Gasteiger partial charge in [0.15, 0.2) is 0 Å². The van der Waals surface area contributed by atoms with Crippen LogP contribution in [0.4, 0.5) is 18.0 Å². The van der Waals surface area contributed by atoms with Gasteiger partial charge < -0.3 is 23.8 Å². The molecule has 2 saturated heterocycles. The van der Waals surface area contributed by atoms with E-state index >= 15 is 0 Å². The molecule has 2 fully saturated rings. The number of rotatable bonds is 1. The largest absolute Gasteiger partial charge is 0.494 e. The van der Waals surface area contributed by atoms with Crippen LogP contribution in [0.5, 0.6) is 5.75 Å². The van der Waals surface area contributed by atoms with Crippen molar-refractivity contribution in [2.24, 2.45) is 5.92 Å². The highest BCUT2D eigenvalue weighted by atomic mass is 19.4. The van der Waals surface area contributed by atoms with Gasteiger partial charge in [-0.1, -0.05) is 12.1 Å². The first-order valence-corrected chi connectivity index (χ1v) is 11.1. The number of hydrogen-bond donors (Lipinski definition) is 0. The summed E-state index contributed by atoms with van der Waals surface area (Å²) in [6, 6.07) is 5.45. The van der Waals surface area contributed by atoms with Crippen LogP contribution in [-0.2, 0) is 15.9 Å². The number of halogens is 3. The van der Waals surface area contributed by atoms with Crippen molar-refractivity contribution >= 4 is 18.6 Å². The van der Waals surface area contributed by atoms with Gasteiger partial charge in [-0.25, -0.2) is 4.79 Å². The van der Waals surface area contributed by atoms with Crippen LogP contribution in [0, 0.1) is 5.92 Å². The van der Waals surface area contributed by atoms with Gasteiger partial charge in [-0.15, -0.1) is 0 Å². The van der Waals surface area contributed by atoms with E-state index in [2.05, 4.69) is 0 Å². The second kappa shape index (κ2) is 8.13. The Morgan fingerprint density at radius 3 is 2.25 bits per heavy atom. The minimum absolute atomic E-state index is 0.0533. The molecule has 6 nitrogen and oxygen atoms in total. The molecule has 0 atom stereocenters. The van der Waals surface area contributed by atoms with Crippen LogP contribution < -0.4 is 10.2 Å². The third kappa shape index (κ3) is 4.44. The highest BCUT2D eigenvalue weighted by Gasteiger charge is 2.51. The number of carbonyl (C=O) groups is 1. The second-order valence-electron chi connectivity index (χ2n) is 9.81. The molecule has 0 N–H and O–H groups in total. The van der Waals surface area contributed by atoms with Crippen LogP contribution >= 0.6 is 0 Å². The van der Waals surface area contributed by atoms with Crippen molar-refractivity contribution in [3.05, 3.63) is 23.8 Å². The first-order chi connectivity index (χ1) is 14.9. The molecule has 1 aromatic carbocycles. The summed E-state index contributed by atoms with van der Waals surface area (Å²) >= 11 is 0. The maximum absolute atomic E-state index is 13.0. The minimum atomic E-state index is -4.20. The van der Waals surface area contributed by atoms with Crippen LogP contribution in [-0.4, -0.2) is 66.6 Å². The van der Waals surface area contributed by atoms with E-state index < -0.39 is 30.4 Å². The number of fused-ring (bicyclic) bond motifs is 1. The molecular weight excluding hydrogens is 424 g/mol. The average molecular weight is 454 g/mol. The van der Waals surface area contributed by atoms with Crippen molar-refractivity contribution < 1.29 is 32.0 Å². The van der Waals surface area contributed by atoms with Crippen LogP contribution in [0.2, 0.25) is 0 Å². The smallest absolute Gasteiger partial charge is 0.491 e. The average Bonchev–Trinajstić information content (AvgIpc) is 2.85. The van der Waals surface area contributed by atoms with Crippen LogP contribution in [0.15, 0.2) is 18.2 Å². The normalized spacial score (nSPS) is 23.5. The highest BCUT2D eigenvalue weighted by Crippen LogP contribution is 2.37. The molecule has 0 spiro atoms. The van der Waals surface area contributed by atoms with Gasteiger partial charge in [0.25, 0.3) is 0 Å². The number of benzene rings is 1. The minimum Gasteiger partial charge on any atom is -0.491 e. The number of nitrogens with zero attached hydrogens (tertiary/aromatic N) is 2. The third-order valence-corrected chi connectivity index (χ3v) is 7.09. The van der Waals surface area contributed by atoms with Gasteiger partial charge in [0, 0.05) is 18.7 Å². The zero-order chi connectivity index (χ0) is 23.3. The number of carbonyl (C=O) groups excluding carboxylic acids is 1. The summed E-state index contributed by atoms with van der Waals surface area (Å²) in [4.78, 5) is 16.2. The number of ether oxygens (including phenoxy) is 1. The zero-order valence-corrected chi connectivity index (χ0v) is 19.0. The van der Waals surface area contributed by atoms with E-state index in [9.17, 15) is 18.0 Å². The fourth-order valence-electron chi connectivity index (χ4n) is 4.30. The molecule has 0 aliphatic carbocycles. The highest BCUT2D eigenvalue weighted by molar-refractivity contribution is 6.62. The fraction of sp³-hybridized carbons (Fsp3) is 0.682. The Balaban J connectivity index is 1.46. The zero-order valence-electron chi connectivity index (χ0n) is 19.0. The summed E-state index contributed by atoms with van der Waals surface area (Å²) in [5.41, 5.74) is 0.733. The van der Waals surface area contributed by atoms with E-state index in [1.165, 1.54) is 4.90 Å². The summed E-state index contributed by atoms with van der Waals surface area (Å²) in [5.74, 6) is -0.640. The standard InChI is InChI=1S/C22H30BF3N2O4/c1-20(2)21(3,4)32-23(31-20)17-5-6-18-15(13-17)14-28(11-12-30-18)19(29)27-9-7-16(8-10-27)22(24,25)26/h5-6,13,16H,7-12,14H2,1-4H3. The Morgan fingerprint density at radius 1 is 1.03 bits per heavy atom. The quantitative estimate of drug-likeness (QED) is 0.609. The van der Waals surface area contributed by atoms with E-state index in [-0.39, 0.29) is 32.0 Å². The van der Waals surface area contributed by atoms with Crippen LogP contribution in [0.25, 0.3) is 0 Å². The summed E-state index contributed by atoms with van der Waals surface area (Å²) in [6.07, 6.45) is -4.31. The van der Waals surface area contributed by atoms with Gasteiger partial charge >= 0.3 is 19.3 Å². The SMILES string of the molecule is CC1(C)OB(c2ccc3c(c2)CN(C(=O)N2CCC(C(F)(F)F)CC2)CCO3)OC1(C)C. The van der Waals surface area contributed by atoms with Gasteiger partial charge in [0.2, 0.25) is 0 Å². The number of likely N-dealkylation sites (tertiary alicyclic amines) is 1. The van der Waals surface area contributed by atoms with Crippen molar-refractivity contribution in [3.8, 4) is 5.75 Å². The van der Waals surface area contributed by atoms with E-state index in [4.69, 9.17) is 14.0 Å². The molecule has 4 rings (SSSR count). The molecule has 32 heavy (non-hydrogen) atoms. The van der Waals surface area contributed by atoms with E-state index in [1.807, 2.05) is 45.9 Å². The molecule has 3 aliphatic rings. The summed E-state index contributed by atoms with van der Waals surface area (Å²) in [7, 11) is -0.529. The van der Waals surface area contributed by atoms with Crippen LogP contribution in [0.1, 0.15) is 46.1 Å². The number of amides is 2. The van der Waals surface area contributed by atoms with Gasteiger partial charge in [-0.3, -0.25) is 0 Å². The van der Waals surface area contributed by atoms with E-state index in [0.29, 0.717) is 25.4 Å². The Morgan fingerprint density at radius 2 is 1.66 bits per heavy atom. The monoisotopic (exact) mass is 454 g/mol. The maximum atomic E-state index is 13.0. The topological polar surface area (TPSA) is 51.2 Å². The summed E-state index contributed by atoms with van der Waals surface area (Å²) in [6.45, 7) is 9.20. The third-order valence-electron chi connectivity index (χ3n) is 7.09. The predicted molar refractivity (Wildman–Crippen MR) is 114 cm³/mol. The molecule has 3 heterocycles. The van der Waals surface area contributed by atoms with Crippen LogP contribution in [0.3, 0.4) is 0 Å². The van der Waals surface area contributed by atoms with Gasteiger partial charge in [0.05, 0.1) is 30.2 Å². The lowest BCUT2D eigenvalue weighted by molar-refractivity contribution is -0.183. The van der Waals surface area contributed by atoms with Crippen molar-refractivity contribution in [2.45, 2.75) is 64.5 Å². The number of urea groups is 1. The molecule has 0 aromatic heterocycles. The molecule has 0 saturated carbocycles. The molecule has 1 aromatic rings. The molecule has 0 bridgehead atoms. The van der Waals surface area contributed by atoms with Gasteiger partial charge in [-0.05, 0) is 52.1 Å². The molecule has 2 amide bonds. The van der Waals surface area contributed by atoms with Crippen molar-refractivity contribution in [3.63, 3.8) is 0 Å². The summed E-state index contributed by atoms with van der Waals surface area (Å²) in [5, 5.41) is 0. The lowest BCUT2D eigenvalue weighted by Crippen LogP contribution is -2.48. The second-order valence-corrected chi connectivity index (χ2v) is 9.81. The number of hydrogen-bond acceptors (Lipinski definition) is 4. The Hall–Kier alpha value is -1.94. The fourth-order valence-corrected chi connectivity index (χ4v) is 4.30. The molecular formula is C22H30BF3N2O4. The van der Waals surface area contributed by atoms with Crippen molar-refractivity contribution in [1.82, 2.24) is 9.80 Å². The molecule has 0 radical (unpaired) electrons. The Bertz CT molecular complexity index is 853. The first kappa shape index (κ1) is 23.2. The lowest BCUT2D eigenvalue weighted by atomic mass is 9.78. The lowest BCUT2D eigenvalue weighted by Gasteiger charge is -2.35. The Kier molecular flexibility index (Phi) is 5.90. The number of piperidine rings is 1. The molecule has 10 heteroatoms.